The van der Waals surface area contributed by atoms with Gasteiger partial charge in [0.2, 0.25) is 0 Å². The van der Waals surface area contributed by atoms with Crippen LogP contribution in [0.15, 0.2) is 35.3 Å². The van der Waals surface area contributed by atoms with Gasteiger partial charge < -0.3 is 10.0 Å². The highest BCUT2D eigenvalue weighted by Gasteiger charge is 2.31. The summed E-state index contributed by atoms with van der Waals surface area (Å²) in [6.07, 6.45) is -3.54. The number of alkyl halides is 3. The molecular formula is C18H20ClF3N4O2. The third-order valence-electron chi connectivity index (χ3n) is 4.55. The first-order valence-corrected chi connectivity index (χ1v) is 9.15. The summed E-state index contributed by atoms with van der Waals surface area (Å²) in [7, 11) is 0. The Morgan fingerprint density at radius 1 is 1.25 bits per heavy atom. The average molecular weight is 417 g/mol. The van der Waals surface area contributed by atoms with Crippen molar-refractivity contribution in [3.8, 4) is 5.69 Å². The van der Waals surface area contributed by atoms with E-state index in [1.165, 1.54) is 18.3 Å². The van der Waals surface area contributed by atoms with Crippen LogP contribution >= 0.6 is 11.6 Å². The number of hydrogen-bond donors (Lipinski definition) is 1. The molecular weight excluding hydrogens is 397 g/mol. The Labute approximate surface area is 164 Å². The van der Waals surface area contributed by atoms with Gasteiger partial charge in [0.15, 0.2) is 0 Å². The van der Waals surface area contributed by atoms with Gasteiger partial charge in [0.1, 0.15) is 5.02 Å². The number of β-amino-alcohol motifs (C(OH)–C–C–N with tert-alkyl or cyclic N) is 1. The lowest BCUT2D eigenvalue weighted by Crippen LogP contribution is -2.48. The Bertz CT molecular complexity index is 893. The van der Waals surface area contributed by atoms with Crippen LogP contribution < -0.4 is 10.5 Å². The van der Waals surface area contributed by atoms with Crippen molar-refractivity contribution in [2.24, 2.45) is 0 Å². The maximum Gasteiger partial charge on any atom is 0.416 e. The molecule has 3 rings (SSSR count). The van der Waals surface area contributed by atoms with Crippen molar-refractivity contribution < 1.29 is 18.3 Å². The SMILES string of the molecule is C[C@@H](O)CN1CCN(c2cnn(-c3cccc(C(F)(F)F)c3)c(=O)c2Cl)CC1. The molecule has 6 nitrogen and oxygen atoms in total. The number of piperazine rings is 1. The van der Waals surface area contributed by atoms with Crippen molar-refractivity contribution in [2.75, 3.05) is 37.6 Å². The number of hydrogen-bond acceptors (Lipinski definition) is 5. The molecule has 0 aliphatic carbocycles. The zero-order valence-electron chi connectivity index (χ0n) is 15.2. The van der Waals surface area contributed by atoms with E-state index in [1.807, 2.05) is 4.90 Å². The van der Waals surface area contributed by atoms with E-state index in [2.05, 4.69) is 10.00 Å². The molecule has 0 bridgehead atoms. The molecule has 1 aliphatic heterocycles. The van der Waals surface area contributed by atoms with Crippen molar-refractivity contribution in [3.05, 3.63) is 51.4 Å². The molecule has 0 spiro atoms. The molecule has 1 aromatic heterocycles. The predicted octanol–water partition coefficient (Wildman–Crippen LogP) is 2.41. The van der Waals surface area contributed by atoms with Crippen LogP contribution in [0.2, 0.25) is 5.02 Å². The van der Waals surface area contributed by atoms with Gasteiger partial charge in [-0.05, 0) is 25.1 Å². The third-order valence-corrected chi connectivity index (χ3v) is 4.91. The van der Waals surface area contributed by atoms with Gasteiger partial charge in [0, 0.05) is 32.7 Å². The number of aliphatic hydroxyl groups is 1. The van der Waals surface area contributed by atoms with Gasteiger partial charge in [0.25, 0.3) is 5.56 Å². The predicted molar refractivity (Wildman–Crippen MR) is 100 cm³/mol. The van der Waals surface area contributed by atoms with E-state index in [9.17, 15) is 23.1 Å². The zero-order chi connectivity index (χ0) is 20.5. The number of nitrogens with zero attached hydrogens (tertiary/aromatic N) is 4. The number of anilines is 1. The van der Waals surface area contributed by atoms with Crippen LogP contribution in [0.1, 0.15) is 12.5 Å². The second-order valence-electron chi connectivity index (χ2n) is 6.75. The minimum atomic E-state index is -4.52. The third kappa shape index (κ3) is 4.48. The van der Waals surface area contributed by atoms with E-state index in [1.54, 1.807) is 6.92 Å². The van der Waals surface area contributed by atoms with Gasteiger partial charge in [-0.2, -0.15) is 23.0 Å². The number of rotatable bonds is 4. The first-order valence-electron chi connectivity index (χ1n) is 8.77. The van der Waals surface area contributed by atoms with Crippen LogP contribution in [-0.4, -0.2) is 58.6 Å². The van der Waals surface area contributed by atoms with Crippen LogP contribution in [0.4, 0.5) is 18.9 Å². The molecule has 152 valence electrons. The van der Waals surface area contributed by atoms with E-state index >= 15 is 0 Å². The summed E-state index contributed by atoms with van der Waals surface area (Å²) in [5.74, 6) is 0. The summed E-state index contributed by atoms with van der Waals surface area (Å²) in [4.78, 5) is 16.6. The highest BCUT2D eigenvalue weighted by molar-refractivity contribution is 6.33. The number of benzene rings is 1. The molecule has 1 aliphatic rings. The molecule has 0 radical (unpaired) electrons. The molecule has 0 saturated carbocycles. The molecule has 1 saturated heterocycles. The second-order valence-corrected chi connectivity index (χ2v) is 7.12. The van der Waals surface area contributed by atoms with Crippen molar-refractivity contribution in [3.63, 3.8) is 0 Å². The highest BCUT2D eigenvalue weighted by atomic mass is 35.5. The van der Waals surface area contributed by atoms with Gasteiger partial charge in [-0.25, -0.2) is 0 Å². The Kier molecular flexibility index (Phi) is 5.97. The first-order chi connectivity index (χ1) is 13.2. The maximum atomic E-state index is 12.9. The number of aromatic nitrogens is 2. The van der Waals surface area contributed by atoms with E-state index in [0.717, 1.165) is 16.8 Å². The number of aliphatic hydroxyl groups excluding tert-OH is 1. The van der Waals surface area contributed by atoms with E-state index < -0.39 is 23.4 Å². The van der Waals surface area contributed by atoms with Crippen molar-refractivity contribution in [1.29, 1.82) is 0 Å². The average Bonchev–Trinajstić information content (AvgIpc) is 2.64. The quantitative estimate of drug-likeness (QED) is 0.829. The Balaban J connectivity index is 1.84. The standard InChI is InChI=1S/C18H20ClF3N4O2/c1-12(27)11-24-5-7-25(8-6-24)15-10-23-26(17(28)16(15)19)14-4-2-3-13(9-14)18(20,21)22/h2-4,9-10,12,27H,5-8,11H2,1H3/t12-/m1/s1. The second kappa shape index (κ2) is 8.10. The molecule has 1 aromatic carbocycles. The molecule has 28 heavy (non-hydrogen) atoms. The minimum Gasteiger partial charge on any atom is -0.392 e. The summed E-state index contributed by atoms with van der Waals surface area (Å²) < 4.78 is 39.6. The fourth-order valence-electron chi connectivity index (χ4n) is 3.19. The van der Waals surface area contributed by atoms with E-state index in [4.69, 9.17) is 11.6 Å². The van der Waals surface area contributed by atoms with Crippen LogP contribution in [0.5, 0.6) is 0 Å². The fourth-order valence-corrected chi connectivity index (χ4v) is 3.44. The van der Waals surface area contributed by atoms with Crippen LogP contribution in [0, 0.1) is 0 Å². The molecule has 2 aromatic rings. The molecule has 10 heteroatoms. The number of halogens is 4. The lowest BCUT2D eigenvalue weighted by Gasteiger charge is -2.36. The van der Waals surface area contributed by atoms with Crippen LogP contribution in [0.3, 0.4) is 0 Å². The van der Waals surface area contributed by atoms with Crippen LogP contribution in [0.25, 0.3) is 5.69 Å². The van der Waals surface area contributed by atoms with Gasteiger partial charge in [-0.3, -0.25) is 9.69 Å². The summed E-state index contributed by atoms with van der Waals surface area (Å²) in [5.41, 5.74) is -1.10. The fraction of sp³-hybridized carbons (Fsp3) is 0.444. The van der Waals surface area contributed by atoms with E-state index in [-0.39, 0.29) is 10.7 Å². The monoisotopic (exact) mass is 416 g/mol. The Morgan fingerprint density at radius 3 is 2.54 bits per heavy atom. The summed E-state index contributed by atoms with van der Waals surface area (Å²) in [6.45, 7) is 4.87. The lowest BCUT2D eigenvalue weighted by atomic mass is 10.2. The molecule has 1 atom stereocenters. The Hall–Kier alpha value is -2.10. The lowest BCUT2D eigenvalue weighted by molar-refractivity contribution is -0.137. The Morgan fingerprint density at radius 2 is 1.93 bits per heavy atom. The van der Waals surface area contributed by atoms with Gasteiger partial charge in [-0.15, -0.1) is 0 Å². The normalized spacial score (nSPS) is 17.0. The van der Waals surface area contributed by atoms with Crippen molar-refractivity contribution >= 4 is 17.3 Å². The van der Waals surface area contributed by atoms with Gasteiger partial charge in [-0.1, -0.05) is 17.7 Å². The van der Waals surface area contributed by atoms with Gasteiger partial charge >= 0.3 is 6.18 Å². The van der Waals surface area contributed by atoms with Crippen molar-refractivity contribution in [2.45, 2.75) is 19.2 Å². The molecule has 0 amide bonds. The summed E-state index contributed by atoms with van der Waals surface area (Å²) in [5, 5.41) is 13.4. The van der Waals surface area contributed by atoms with Gasteiger partial charge in [0.05, 0.1) is 29.2 Å². The van der Waals surface area contributed by atoms with E-state index in [0.29, 0.717) is 38.4 Å². The molecule has 1 N–H and O–H groups in total. The topological polar surface area (TPSA) is 61.6 Å². The maximum absolute atomic E-state index is 12.9. The first kappa shape index (κ1) is 20.6. The molecule has 1 fully saturated rings. The largest absolute Gasteiger partial charge is 0.416 e. The summed E-state index contributed by atoms with van der Waals surface area (Å²) >= 11 is 6.24. The van der Waals surface area contributed by atoms with Crippen LogP contribution in [-0.2, 0) is 6.18 Å². The smallest absolute Gasteiger partial charge is 0.392 e. The van der Waals surface area contributed by atoms with Crippen molar-refractivity contribution in [1.82, 2.24) is 14.7 Å². The summed E-state index contributed by atoms with van der Waals surface area (Å²) in [6, 6.07) is 4.38. The highest BCUT2D eigenvalue weighted by Crippen LogP contribution is 2.30. The minimum absolute atomic E-state index is 0.00460. The zero-order valence-corrected chi connectivity index (χ0v) is 15.9. The molecule has 0 unspecified atom stereocenters. The molecule has 2 heterocycles.